The summed E-state index contributed by atoms with van der Waals surface area (Å²) in [7, 11) is 1.78. The van der Waals surface area contributed by atoms with Crippen molar-refractivity contribution in [3.63, 3.8) is 0 Å². The maximum Gasteiger partial charge on any atom is 0.238 e. The molecule has 1 aromatic heterocycles. The quantitative estimate of drug-likeness (QED) is 0.689. The van der Waals surface area contributed by atoms with Gasteiger partial charge in [-0.2, -0.15) is 0 Å². The molecule has 2 aromatic carbocycles. The van der Waals surface area contributed by atoms with E-state index in [9.17, 15) is 9.59 Å². The number of amides is 2. The van der Waals surface area contributed by atoms with Crippen LogP contribution in [0.25, 0.3) is 0 Å². The van der Waals surface area contributed by atoms with Gasteiger partial charge in [-0.25, -0.2) is 0 Å². The molecule has 3 aromatic rings. The fourth-order valence-corrected chi connectivity index (χ4v) is 4.29. The Bertz CT molecular complexity index is 1080. The molecule has 0 saturated carbocycles. The zero-order valence-corrected chi connectivity index (χ0v) is 17.3. The third kappa shape index (κ3) is 3.71. The van der Waals surface area contributed by atoms with E-state index in [4.69, 9.17) is 0 Å². The average Bonchev–Trinajstić information content (AvgIpc) is 2.95. The highest BCUT2D eigenvalue weighted by molar-refractivity contribution is 6.09. The maximum atomic E-state index is 13.5. The van der Waals surface area contributed by atoms with Crippen LogP contribution < -0.4 is 10.2 Å². The van der Waals surface area contributed by atoms with Crippen LogP contribution in [-0.4, -0.2) is 23.8 Å². The van der Waals surface area contributed by atoms with Crippen molar-refractivity contribution in [1.29, 1.82) is 0 Å². The first-order chi connectivity index (χ1) is 14.5. The number of likely N-dealkylation sites (N-methyl/N-ethyl adjacent to an activating group) is 1. The predicted octanol–water partition coefficient (Wildman–Crippen LogP) is 3.55. The third-order valence-corrected chi connectivity index (χ3v) is 5.72. The Morgan fingerprint density at radius 2 is 1.73 bits per heavy atom. The number of pyridine rings is 1. The number of hydrogen-bond acceptors (Lipinski definition) is 3. The van der Waals surface area contributed by atoms with Crippen LogP contribution in [0.15, 0.2) is 72.8 Å². The van der Waals surface area contributed by atoms with E-state index < -0.39 is 5.41 Å². The number of hydrogen-bond donors (Lipinski definition) is 1. The molecule has 0 saturated heterocycles. The molecule has 1 N–H and O–H groups in total. The van der Waals surface area contributed by atoms with Crippen LogP contribution in [0.1, 0.15) is 28.9 Å². The Morgan fingerprint density at radius 3 is 2.50 bits per heavy atom. The van der Waals surface area contributed by atoms with Gasteiger partial charge in [-0.05, 0) is 42.7 Å². The molecule has 5 heteroatoms. The van der Waals surface area contributed by atoms with Crippen molar-refractivity contribution < 1.29 is 9.59 Å². The van der Waals surface area contributed by atoms with E-state index >= 15 is 0 Å². The SMILES string of the molecule is Cc1cccc(CNC(=O)C[C@]2(Cc3ccccc3)C(=O)N(C)c3ccccc32)n1. The van der Waals surface area contributed by atoms with Crippen LogP contribution in [0.4, 0.5) is 5.69 Å². The van der Waals surface area contributed by atoms with Crippen molar-refractivity contribution in [2.45, 2.75) is 31.7 Å². The molecule has 4 rings (SSSR count). The summed E-state index contributed by atoms with van der Waals surface area (Å²) in [6, 6.07) is 23.4. The van der Waals surface area contributed by atoms with Gasteiger partial charge in [-0.15, -0.1) is 0 Å². The number of aromatic nitrogens is 1. The van der Waals surface area contributed by atoms with Gasteiger partial charge in [-0.1, -0.05) is 54.6 Å². The number of rotatable bonds is 6. The van der Waals surface area contributed by atoms with Gasteiger partial charge in [0.05, 0.1) is 17.7 Å². The molecule has 0 fully saturated rings. The number of aryl methyl sites for hydroxylation is 1. The largest absolute Gasteiger partial charge is 0.350 e. The summed E-state index contributed by atoms with van der Waals surface area (Å²) in [5.74, 6) is -0.205. The molecule has 0 unspecified atom stereocenters. The summed E-state index contributed by atoms with van der Waals surface area (Å²) in [5, 5.41) is 2.96. The summed E-state index contributed by atoms with van der Waals surface area (Å²) < 4.78 is 0. The van der Waals surface area contributed by atoms with Gasteiger partial charge in [0.15, 0.2) is 0 Å². The van der Waals surface area contributed by atoms with Gasteiger partial charge in [0.1, 0.15) is 0 Å². The van der Waals surface area contributed by atoms with Crippen molar-refractivity contribution in [3.05, 3.63) is 95.3 Å². The summed E-state index contributed by atoms with van der Waals surface area (Å²) in [5.41, 5.74) is 3.59. The number of para-hydroxylation sites is 1. The molecule has 2 amide bonds. The summed E-state index contributed by atoms with van der Waals surface area (Å²) in [6.45, 7) is 2.26. The van der Waals surface area contributed by atoms with Crippen LogP contribution in [-0.2, 0) is 28.0 Å². The molecule has 0 bridgehead atoms. The summed E-state index contributed by atoms with van der Waals surface area (Å²) in [6.07, 6.45) is 0.567. The van der Waals surface area contributed by atoms with E-state index in [-0.39, 0.29) is 18.2 Å². The smallest absolute Gasteiger partial charge is 0.238 e. The second-order valence-electron chi connectivity index (χ2n) is 7.85. The molecule has 1 atom stereocenters. The highest BCUT2D eigenvalue weighted by Crippen LogP contribution is 2.45. The molecule has 0 radical (unpaired) electrons. The molecular weight excluding hydrogens is 374 g/mol. The molecule has 30 heavy (non-hydrogen) atoms. The first-order valence-electron chi connectivity index (χ1n) is 10.1. The van der Waals surface area contributed by atoms with E-state index in [1.807, 2.05) is 79.7 Å². The van der Waals surface area contributed by atoms with Gasteiger partial charge >= 0.3 is 0 Å². The van der Waals surface area contributed by atoms with Crippen LogP contribution in [0.3, 0.4) is 0 Å². The number of benzene rings is 2. The third-order valence-electron chi connectivity index (χ3n) is 5.72. The van der Waals surface area contributed by atoms with Gasteiger partial charge < -0.3 is 10.2 Å². The number of nitrogens with one attached hydrogen (secondary N) is 1. The zero-order valence-electron chi connectivity index (χ0n) is 17.3. The molecule has 5 nitrogen and oxygen atoms in total. The lowest BCUT2D eigenvalue weighted by Gasteiger charge is -2.28. The molecule has 152 valence electrons. The molecule has 0 aliphatic carbocycles. The fourth-order valence-electron chi connectivity index (χ4n) is 4.29. The maximum absolute atomic E-state index is 13.5. The van der Waals surface area contributed by atoms with Crippen molar-refractivity contribution in [1.82, 2.24) is 10.3 Å². The molecule has 2 heterocycles. The van der Waals surface area contributed by atoms with E-state index in [1.165, 1.54) is 0 Å². The molecule has 0 spiro atoms. The van der Waals surface area contributed by atoms with Crippen molar-refractivity contribution >= 4 is 17.5 Å². The summed E-state index contributed by atoms with van der Waals surface area (Å²) in [4.78, 5) is 32.6. The second-order valence-corrected chi connectivity index (χ2v) is 7.85. The minimum absolute atomic E-state index is 0.0450. The van der Waals surface area contributed by atoms with Gasteiger partial charge in [0.2, 0.25) is 11.8 Å². The van der Waals surface area contributed by atoms with E-state index in [0.717, 1.165) is 28.2 Å². The summed E-state index contributed by atoms with van der Waals surface area (Å²) >= 11 is 0. The van der Waals surface area contributed by atoms with E-state index in [0.29, 0.717) is 13.0 Å². The van der Waals surface area contributed by atoms with Gasteiger partial charge in [0, 0.05) is 24.8 Å². The molecular formula is C25H25N3O2. The highest BCUT2D eigenvalue weighted by atomic mass is 16.2. The first-order valence-corrected chi connectivity index (χ1v) is 10.1. The Balaban J connectivity index is 1.63. The molecule has 1 aliphatic heterocycles. The number of nitrogens with zero attached hydrogens (tertiary/aromatic N) is 2. The Hall–Kier alpha value is -3.47. The highest BCUT2D eigenvalue weighted by Gasteiger charge is 2.50. The number of anilines is 1. The fraction of sp³-hybridized carbons (Fsp3) is 0.240. The second kappa shape index (κ2) is 8.11. The van der Waals surface area contributed by atoms with Crippen molar-refractivity contribution in [2.75, 3.05) is 11.9 Å². The lowest BCUT2D eigenvalue weighted by atomic mass is 9.73. The van der Waals surface area contributed by atoms with Crippen LogP contribution >= 0.6 is 0 Å². The zero-order chi connectivity index (χ0) is 21.1. The van der Waals surface area contributed by atoms with Crippen LogP contribution in [0.2, 0.25) is 0 Å². The normalized spacial score (nSPS) is 17.7. The standard InChI is InChI=1S/C25H25N3O2/c1-18-9-8-12-20(27-18)17-26-23(29)16-25(15-19-10-4-3-5-11-19)21-13-6-7-14-22(21)28(2)24(25)30/h3-14H,15-17H2,1-2H3,(H,26,29)/t25-/m0/s1. The minimum atomic E-state index is -0.920. The Labute approximate surface area is 176 Å². The number of carbonyl (C=O) groups excluding carboxylic acids is 2. The predicted molar refractivity (Wildman–Crippen MR) is 117 cm³/mol. The van der Waals surface area contributed by atoms with Gasteiger partial charge in [0.25, 0.3) is 0 Å². The minimum Gasteiger partial charge on any atom is -0.350 e. The Kier molecular flexibility index (Phi) is 5.36. The lowest BCUT2D eigenvalue weighted by Crippen LogP contribution is -2.44. The number of fused-ring (bicyclic) bond motifs is 1. The average molecular weight is 399 g/mol. The topological polar surface area (TPSA) is 62.3 Å². The van der Waals surface area contributed by atoms with Crippen LogP contribution in [0, 0.1) is 6.92 Å². The monoisotopic (exact) mass is 399 g/mol. The van der Waals surface area contributed by atoms with Crippen molar-refractivity contribution in [2.24, 2.45) is 0 Å². The van der Waals surface area contributed by atoms with E-state index in [1.54, 1.807) is 11.9 Å². The van der Waals surface area contributed by atoms with Gasteiger partial charge in [-0.3, -0.25) is 14.6 Å². The van der Waals surface area contributed by atoms with Crippen molar-refractivity contribution in [3.8, 4) is 0 Å². The lowest BCUT2D eigenvalue weighted by molar-refractivity contribution is -0.129. The Morgan fingerprint density at radius 1 is 1.00 bits per heavy atom. The van der Waals surface area contributed by atoms with E-state index in [2.05, 4.69) is 10.3 Å². The molecule has 1 aliphatic rings. The first kappa shape index (κ1) is 19.8. The van der Waals surface area contributed by atoms with Crippen LogP contribution in [0.5, 0.6) is 0 Å². The number of carbonyl (C=O) groups is 2.